The zero-order valence-electron chi connectivity index (χ0n) is 13.8. The average Bonchev–Trinajstić information content (AvgIpc) is 2.91. The van der Waals surface area contributed by atoms with E-state index in [9.17, 15) is 21.6 Å². The smallest absolute Gasteiger partial charge is 0.271 e. The molecule has 1 aliphatic heterocycles. The third-order valence-electron chi connectivity index (χ3n) is 4.30. The molecule has 0 saturated heterocycles. The number of thiophene rings is 1. The van der Waals surface area contributed by atoms with E-state index >= 15 is 0 Å². The van der Waals surface area contributed by atoms with E-state index in [4.69, 9.17) is 11.6 Å². The Bertz CT molecular complexity index is 1340. The van der Waals surface area contributed by atoms with Crippen LogP contribution in [0.3, 0.4) is 0 Å². The predicted octanol–water partition coefficient (Wildman–Crippen LogP) is 3.63. The molecule has 2 aromatic carbocycles. The van der Waals surface area contributed by atoms with Crippen molar-refractivity contribution in [3.05, 3.63) is 52.5 Å². The summed E-state index contributed by atoms with van der Waals surface area (Å²) in [4.78, 5) is 11.5. The second-order valence-corrected chi connectivity index (χ2v) is 11.5. The number of benzene rings is 2. The number of rotatable bonds is 3. The summed E-state index contributed by atoms with van der Waals surface area (Å²) in [7, 11) is -7.91. The minimum atomic E-state index is -4.03. The highest BCUT2D eigenvalue weighted by atomic mass is 35.5. The van der Waals surface area contributed by atoms with Crippen molar-refractivity contribution in [2.75, 3.05) is 10.5 Å². The largest absolute Gasteiger partial charge is 0.293 e. The van der Waals surface area contributed by atoms with Crippen LogP contribution >= 0.6 is 22.9 Å². The lowest BCUT2D eigenvalue weighted by molar-refractivity contribution is 0.101. The van der Waals surface area contributed by atoms with Gasteiger partial charge in [0.25, 0.3) is 10.0 Å². The molecule has 27 heavy (non-hydrogen) atoms. The van der Waals surface area contributed by atoms with E-state index < -0.39 is 31.4 Å². The Morgan fingerprint density at radius 2 is 1.89 bits per heavy atom. The van der Waals surface area contributed by atoms with Crippen LogP contribution in [0, 0.1) is 6.92 Å². The van der Waals surface area contributed by atoms with Gasteiger partial charge in [-0.1, -0.05) is 11.6 Å². The van der Waals surface area contributed by atoms with Crippen molar-refractivity contribution in [3.63, 3.8) is 0 Å². The molecule has 1 N–H and O–H groups in total. The van der Waals surface area contributed by atoms with Gasteiger partial charge in [0.1, 0.15) is 9.96 Å². The van der Waals surface area contributed by atoms with E-state index in [-0.39, 0.29) is 20.4 Å². The number of sulfone groups is 1. The molecule has 0 amide bonds. The number of hydrogen-bond donors (Lipinski definition) is 1. The fourth-order valence-corrected chi connectivity index (χ4v) is 7.48. The van der Waals surface area contributed by atoms with Crippen molar-refractivity contribution < 1.29 is 21.6 Å². The normalized spacial score (nSPS) is 15.9. The van der Waals surface area contributed by atoms with Gasteiger partial charge in [-0.2, -0.15) is 0 Å². The molecular formula is C17H12ClNO5S3. The summed E-state index contributed by atoms with van der Waals surface area (Å²) < 4.78 is 53.6. The molecule has 0 saturated carbocycles. The molecular weight excluding hydrogens is 430 g/mol. The van der Waals surface area contributed by atoms with E-state index in [1.165, 1.54) is 18.2 Å². The molecule has 0 unspecified atom stereocenters. The van der Waals surface area contributed by atoms with Crippen LogP contribution in [0.25, 0.3) is 10.1 Å². The van der Waals surface area contributed by atoms with E-state index in [1.807, 2.05) is 0 Å². The molecule has 2 bridgehead atoms. The Morgan fingerprint density at radius 3 is 2.63 bits per heavy atom. The van der Waals surface area contributed by atoms with Gasteiger partial charge in [-0.25, -0.2) is 16.8 Å². The third-order valence-corrected chi connectivity index (χ3v) is 9.45. The molecule has 6 nitrogen and oxygen atoms in total. The Kier molecular flexibility index (Phi) is 4.12. The summed E-state index contributed by atoms with van der Waals surface area (Å²) in [5.41, 5.74) is 0.713. The maximum absolute atomic E-state index is 12.9. The van der Waals surface area contributed by atoms with Crippen LogP contribution in [0.4, 0.5) is 5.69 Å². The first-order chi connectivity index (χ1) is 12.6. The summed E-state index contributed by atoms with van der Waals surface area (Å²) in [5.74, 6) is -1.17. The quantitative estimate of drug-likeness (QED) is 0.669. The highest BCUT2D eigenvalue weighted by Gasteiger charge is 2.31. The summed E-state index contributed by atoms with van der Waals surface area (Å²) >= 11 is 7.07. The van der Waals surface area contributed by atoms with Crippen molar-refractivity contribution in [2.45, 2.75) is 16.0 Å². The Balaban J connectivity index is 1.83. The second kappa shape index (κ2) is 6.03. The highest BCUT2D eigenvalue weighted by molar-refractivity contribution is 7.95. The molecule has 0 spiro atoms. The lowest BCUT2D eigenvalue weighted by Gasteiger charge is -2.17. The summed E-state index contributed by atoms with van der Waals surface area (Å²) in [6, 6.07) is 9.03. The maximum Gasteiger partial charge on any atom is 0.271 e. The zero-order chi connectivity index (χ0) is 19.6. The van der Waals surface area contributed by atoms with Crippen molar-refractivity contribution in [1.29, 1.82) is 0 Å². The zero-order valence-corrected chi connectivity index (χ0v) is 17.0. The van der Waals surface area contributed by atoms with E-state index in [0.717, 1.165) is 21.4 Å². The first kappa shape index (κ1) is 18.4. The SMILES string of the molecule is Cc1c(S(=O)(=O)Nc2ccc3cc2S(=O)(=O)CC3=O)sc2ccc(Cl)cc12. The van der Waals surface area contributed by atoms with Crippen molar-refractivity contribution in [2.24, 2.45) is 0 Å². The van der Waals surface area contributed by atoms with Gasteiger partial charge in [-0.05, 0) is 54.3 Å². The van der Waals surface area contributed by atoms with Gasteiger partial charge in [-0.3, -0.25) is 9.52 Å². The van der Waals surface area contributed by atoms with Crippen molar-refractivity contribution in [3.8, 4) is 0 Å². The van der Waals surface area contributed by atoms with Gasteiger partial charge < -0.3 is 0 Å². The van der Waals surface area contributed by atoms with Crippen LogP contribution in [0.5, 0.6) is 0 Å². The van der Waals surface area contributed by atoms with E-state index in [0.29, 0.717) is 10.6 Å². The first-order valence-corrected chi connectivity index (χ1v) is 12.0. The summed E-state index contributed by atoms with van der Waals surface area (Å²) in [6.07, 6.45) is 0. The van der Waals surface area contributed by atoms with Crippen molar-refractivity contribution >= 4 is 64.4 Å². The Hall–Kier alpha value is -1.94. The molecule has 4 rings (SSSR count). The molecule has 0 fully saturated rings. The first-order valence-electron chi connectivity index (χ1n) is 7.70. The second-order valence-electron chi connectivity index (χ2n) is 6.15. The van der Waals surface area contributed by atoms with Crippen molar-refractivity contribution in [1.82, 2.24) is 0 Å². The van der Waals surface area contributed by atoms with Gasteiger partial charge >= 0.3 is 0 Å². The van der Waals surface area contributed by atoms with Crippen LogP contribution < -0.4 is 4.72 Å². The number of ketones is 1. The van der Waals surface area contributed by atoms with E-state index in [1.54, 1.807) is 25.1 Å². The van der Waals surface area contributed by atoms with E-state index in [2.05, 4.69) is 4.72 Å². The monoisotopic (exact) mass is 441 g/mol. The third kappa shape index (κ3) is 3.04. The molecule has 2 heterocycles. The molecule has 0 atom stereocenters. The molecule has 1 aromatic heterocycles. The number of aryl methyl sites for hydroxylation is 1. The number of nitrogens with one attached hydrogen (secondary N) is 1. The molecule has 140 valence electrons. The van der Waals surface area contributed by atoms with Crippen LogP contribution in [0.2, 0.25) is 5.02 Å². The lowest BCUT2D eigenvalue weighted by Crippen LogP contribution is -2.24. The number of carbonyl (C=O) groups is 1. The average molecular weight is 442 g/mol. The summed E-state index contributed by atoms with van der Waals surface area (Å²) in [6.45, 7) is 1.67. The fraction of sp³-hybridized carbons (Fsp3) is 0.118. The summed E-state index contributed by atoms with van der Waals surface area (Å²) in [5, 5.41) is 1.22. The minimum absolute atomic E-state index is 0.0684. The van der Waals surface area contributed by atoms with Crippen LogP contribution in [-0.4, -0.2) is 28.4 Å². The van der Waals surface area contributed by atoms with Gasteiger partial charge in [0.2, 0.25) is 0 Å². The number of anilines is 1. The van der Waals surface area contributed by atoms with Gasteiger partial charge in [0, 0.05) is 15.3 Å². The van der Waals surface area contributed by atoms with Gasteiger partial charge in [0.15, 0.2) is 15.6 Å². The van der Waals surface area contributed by atoms with Crippen LogP contribution in [0.15, 0.2) is 45.5 Å². The minimum Gasteiger partial charge on any atom is -0.293 e. The number of halogens is 1. The highest BCUT2D eigenvalue weighted by Crippen LogP contribution is 2.37. The van der Waals surface area contributed by atoms with Crippen LogP contribution in [0.1, 0.15) is 15.9 Å². The lowest BCUT2D eigenvalue weighted by atomic mass is 10.1. The Morgan fingerprint density at radius 1 is 1.15 bits per heavy atom. The number of Topliss-reactive ketones (excluding diaryl/α,β-unsaturated/α-hetero) is 1. The number of hydrogen-bond acceptors (Lipinski definition) is 6. The Labute approximate surface area is 164 Å². The van der Waals surface area contributed by atoms with Gasteiger partial charge in [0.05, 0.1) is 10.6 Å². The van der Waals surface area contributed by atoms with Gasteiger partial charge in [-0.15, -0.1) is 11.3 Å². The van der Waals surface area contributed by atoms with Crippen LogP contribution in [-0.2, 0) is 19.9 Å². The molecule has 0 radical (unpaired) electrons. The predicted molar refractivity (Wildman–Crippen MR) is 105 cm³/mol. The molecule has 3 aromatic rings. The number of fused-ring (bicyclic) bond motifs is 3. The maximum atomic E-state index is 12.9. The number of sulfonamides is 1. The standard InChI is InChI=1S/C17H12ClNO5S3/c1-9-12-7-11(18)3-5-15(12)25-17(9)27(23,24)19-13-4-2-10-6-16(13)26(21,22)8-14(10)20/h2-7,19H,8H2,1H3. The molecule has 0 aliphatic carbocycles. The topological polar surface area (TPSA) is 97.4 Å². The molecule has 1 aliphatic rings. The number of carbonyl (C=O) groups excluding carboxylic acids is 1. The molecule has 10 heteroatoms. The fourth-order valence-electron chi connectivity index (χ4n) is 2.99.